The molecule has 1 fully saturated rings. The zero-order chi connectivity index (χ0) is 16.9. The first-order chi connectivity index (χ1) is 10.9. The zero-order valence-corrected chi connectivity index (χ0v) is 13.3. The van der Waals surface area contributed by atoms with Crippen LogP contribution in [-0.2, 0) is 4.79 Å². The van der Waals surface area contributed by atoms with Gasteiger partial charge >= 0.3 is 0 Å². The third-order valence-corrected chi connectivity index (χ3v) is 4.50. The van der Waals surface area contributed by atoms with Gasteiger partial charge in [0.2, 0.25) is 0 Å². The standard InChI is InChI=1S/C18H22FNO3/c1-18(23)9-11-20(13-15(18)8-12-21)10-2-3-17(22)14-4-6-16(19)7-5-14/h4-8,15,23H,2-3,9-11,13H2,1H3/t15-,18-/m0/s1. The molecule has 23 heavy (non-hydrogen) atoms. The van der Waals surface area contributed by atoms with Crippen molar-refractivity contribution in [1.82, 2.24) is 4.90 Å². The molecule has 0 saturated carbocycles. The summed E-state index contributed by atoms with van der Waals surface area (Å²) in [7, 11) is 0. The maximum atomic E-state index is 12.8. The third kappa shape index (κ3) is 4.83. The third-order valence-electron chi connectivity index (χ3n) is 4.50. The highest BCUT2D eigenvalue weighted by Gasteiger charge is 2.36. The summed E-state index contributed by atoms with van der Waals surface area (Å²) in [6.07, 6.45) is 3.06. The lowest BCUT2D eigenvalue weighted by Crippen LogP contribution is -2.49. The number of benzene rings is 1. The fourth-order valence-electron chi connectivity index (χ4n) is 2.90. The summed E-state index contributed by atoms with van der Waals surface area (Å²) < 4.78 is 12.8. The van der Waals surface area contributed by atoms with Gasteiger partial charge in [0.15, 0.2) is 5.78 Å². The van der Waals surface area contributed by atoms with Gasteiger partial charge in [-0.3, -0.25) is 4.79 Å². The molecule has 0 spiro atoms. The van der Waals surface area contributed by atoms with E-state index in [4.69, 9.17) is 0 Å². The van der Waals surface area contributed by atoms with Crippen molar-refractivity contribution in [1.29, 1.82) is 0 Å². The molecule has 0 bridgehead atoms. The summed E-state index contributed by atoms with van der Waals surface area (Å²) >= 11 is 0. The lowest BCUT2D eigenvalue weighted by Gasteiger charge is -2.41. The smallest absolute Gasteiger partial charge is 0.162 e. The quantitative estimate of drug-likeness (QED) is 0.645. The molecule has 2 rings (SSSR count). The first-order valence-corrected chi connectivity index (χ1v) is 7.87. The van der Waals surface area contributed by atoms with E-state index in [0.717, 1.165) is 13.1 Å². The molecule has 4 nitrogen and oxygen atoms in total. The lowest BCUT2D eigenvalue weighted by atomic mass is 9.82. The molecule has 124 valence electrons. The predicted octanol–water partition coefficient (Wildman–Crippen LogP) is 2.25. The number of carbonyl (C=O) groups excluding carboxylic acids is 2. The van der Waals surface area contributed by atoms with Gasteiger partial charge in [0, 0.05) is 37.1 Å². The Hall–Kier alpha value is -1.81. The number of Topliss-reactive ketones (excluding diaryl/α,β-unsaturated/α-hetero) is 1. The molecular weight excluding hydrogens is 297 g/mol. The number of rotatable bonds is 6. The van der Waals surface area contributed by atoms with Crippen LogP contribution in [0.5, 0.6) is 0 Å². The fraction of sp³-hybridized carbons (Fsp3) is 0.500. The van der Waals surface area contributed by atoms with E-state index >= 15 is 0 Å². The van der Waals surface area contributed by atoms with Gasteiger partial charge in [-0.05, 0) is 50.6 Å². The number of likely N-dealkylation sites (tertiary alicyclic amines) is 1. The first-order valence-electron chi connectivity index (χ1n) is 7.87. The number of piperidine rings is 1. The average molecular weight is 319 g/mol. The van der Waals surface area contributed by atoms with Crippen LogP contribution >= 0.6 is 0 Å². The molecule has 2 atom stereocenters. The van der Waals surface area contributed by atoms with E-state index in [-0.39, 0.29) is 17.5 Å². The Morgan fingerprint density at radius 1 is 1.48 bits per heavy atom. The second-order valence-electron chi connectivity index (χ2n) is 6.33. The predicted molar refractivity (Wildman–Crippen MR) is 85.4 cm³/mol. The van der Waals surface area contributed by atoms with Gasteiger partial charge in [-0.15, -0.1) is 0 Å². The van der Waals surface area contributed by atoms with E-state index in [1.165, 1.54) is 30.3 Å². The van der Waals surface area contributed by atoms with Crippen molar-refractivity contribution in [2.24, 2.45) is 5.92 Å². The van der Waals surface area contributed by atoms with E-state index in [0.29, 0.717) is 31.4 Å². The number of hydrogen-bond acceptors (Lipinski definition) is 4. The molecule has 0 unspecified atom stereocenters. The van der Waals surface area contributed by atoms with Crippen molar-refractivity contribution >= 4 is 11.7 Å². The monoisotopic (exact) mass is 319 g/mol. The van der Waals surface area contributed by atoms with Gasteiger partial charge in [-0.2, -0.15) is 0 Å². The van der Waals surface area contributed by atoms with Crippen molar-refractivity contribution < 1.29 is 19.1 Å². The summed E-state index contributed by atoms with van der Waals surface area (Å²) in [6, 6.07) is 5.58. The number of hydrogen-bond donors (Lipinski definition) is 1. The van der Waals surface area contributed by atoms with E-state index in [1.54, 1.807) is 12.9 Å². The molecule has 1 N–H and O–H groups in total. The van der Waals surface area contributed by atoms with Crippen LogP contribution in [0.4, 0.5) is 4.39 Å². The normalized spacial score (nSPS) is 24.9. The molecule has 5 heteroatoms. The first kappa shape index (κ1) is 17.5. The Labute approximate surface area is 135 Å². The number of nitrogens with zero attached hydrogens (tertiary/aromatic N) is 1. The summed E-state index contributed by atoms with van der Waals surface area (Å²) in [5.41, 5.74) is -0.354. The zero-order valence-electron chi connectivity index (χ0n) is 13.3. The highest BCUT2D eigenvalue weighted by molar-refractivity contribution is 5.95. The highest BCUT2D eigenvalue weighted by atomic mass is 19.1. The Morgan fingerprint density at radius 2 is 2.17 bits per heavy atom. The van der Waals surface area contributed by atoms with Crippen LogP contribution in [0.15, 0.2) is 30.3 Å². The minimum Gasteiger partial charge on any atom is -0.389 e. The largest absolute Gasteiger partial charge is 0.389 e. The average Bonchev–Trinajstić information content (AvgIpc) is 2.51. The van der Waals surface area contributed by atoms with Crippen molar-refractivity contribution in [3.05, 3.63) is 41.7 Å². The van der Waals surface area contributed by atoms with Crippen LogP contribution < -0.4 is 0 Å². The summed E-state index contributed by atoms with van der Waals surface area (Å²) in [6.45, 7) is 3.79. The summed E-state index contributed by atoms with van der Waals surface area (Å²) in [5.74, 6) is 1.18. The van der Waals surface area contributed by atoms with E-state index < -0.39 is 5.60 Å². The lowest BCUT2D eigenvalue weighted by molar-refractivity contribution is -0.0390. The molecule has 1 aliphatic heterocycles. The second kappa shape index (κ2) is 7.64. The van der Waals surface area contributed by atoms with Gasteiger partial charge in [-0.25, -0.2) is 9.18 Å². The van der Waals surface area contributed by atoms with Crippen LogP contribution in [0.3, 0.4) is 0 Å². The molecule has 1 aromatic rings. The van der Waals surface area contributed by atoms with Gasteiger partial charge in [0.25, 0.3) is 0 Å². The summed E-state index contributed by atoms with van der Waals surface area (Å²) in [4.78, 5) is 24.7. The van der Waals surface area contributed by atoms with Crippen LogP contribution in [0.2, 0.25) is 0 Å². The van der Waals surface area contributed by atoms with E-state index in [2.05, 4.69) is 4.90 Å². The number of aliphatic hydroxyl groups is 1. The van der Waals surface area contributed by atoms with Crippen molar-refractivity contribution in [2.45, 2.75) is 31.8 Å². The fourth-order valence-corrected chi connectivity index (χ4v) is 2.90. The molecule has 0 aromatic heterocycles. The Kier molecular flexibility index (Phi) is 5.83. The van der Waals surface area contributed by atoms with Crippen molar-refractivity contribution in [3.8, 4) is 0 Å². The van der Waals surface area contributed by atoms with Crippen molar-refractivity contribution in [3.63, 3.8) is 0 Å². The summed E-state index contributed by atoms with van der Waals surface area (Å²) in [5, 5.41) is 10.2. The Morgan fingerprint density at radius 3 is 2.83 bits per heavy atom. The molecule has 0 aliphatic carbocycles. The Bertz CT molecular complexity index is 591. The van der Waals surface area contributed by atoms with Gasteiger partial charge in [0.05, 0.1) is 5.60 Å². The maximum absolute atomic E-state index is 12.8. The van der Waals surface area contributed by atoms with Gasteiger partial charge < -0.3 is 10.0 Å². The van der Waals surface area contributed by atoms with Crippen LogP contribution in [0.25, 0.3) is 0 Å². The number of carbonyl (C=O) groups is 1. The SMILES string of the molecule is C[C@]1(O)CCN(CCCC(=O)c2ccc(F)cc2)C[C@@H]1C=C=O. The van der Waals surface area contributed by atoms with Gasteiger partial charge in [-0.1, -0.05) is 0 Å². The minimum absolute atomic E-state index is 0.00153. The Balaban J connectivity index is 1.81. The maximum Gasteiger partial charge on any atom is 0.162 e. The van der Waals surface area contributed by atoms with Crippen molar-refractivity contribution in [2.75, 3.05) is 19.6 Å². The molecule has 1 saturated heterocycles. The number of halogens is 1. The topological polar surface area (TPSA) is 57.6 Å². The molecule has 1 heterocycles. The number of ketones is 1. The van der Waals surface area contributed by atoms with Crippen LogP contribution in [0.1, 0.15) is 36.5 Å². The van der Waals surface area contributed by atoms with E-state index in [9.17, 15) is 19.1 Å². The second-order valence-corrected chi connectivity index (χ2v) is 6.33. The molecule has 1 aromatic carbocycles. The van der Waals surface area contributed by atoms with Gasteiger partial charge in [0.1, 0.15) is 11.8 Å². The molecule has 0 radical (unpaired) electrons. The molecule has 1 aliphatic rings. The molecule has 0 amide bonds. The molecular formula is C18H22FNO3. The van der Waals surface area contributed by atoms with Crippen LogP contribution in [-0.4, -0.2) is 47.0 Å². The van der Waals surface area contributed by atoms with Crippen LogP contribution in [0, 0.1) is 11.7 Å². The van der Waals surface area contributed by atoms with E-state index in [1.807, 2.05) is 0 Å². The highest BCUT2D eigenvalue weighted by Crippen LogP contribution is 2.28. The minimum atomic E-state index is -0.877.